The molecule has 0 radical (unpaired) electrons. The summed E-state index contributed by atoms with van der Waals surface area (Å²) in [5.41, 5.74) is 2.00. The Morgan fingerprint density at radius 3 is 2.38 bits per heavy atom. The van der Waals surface area contributed by atoms with Gasteiger partial charge in [-0.1, -0.05) is 0 Å². The average Bonchev–Trinajstić information content (AvgIpc) is 2.43. The minimum absolute atomic E-state index is 0.0475. The molecule has 0 fully saturated rings. The third-order valence-corrected chi connectivity index (χ3v) is 3.04. The molecule has 0 saturated carbocycles. The van der Waals surface area contributed by atoms with Crippen LogP contribution in [0.3, 0.4) is 0 Å². The number of amides is 1. The van der Waals surface area contributed by atoms with Crippen LogP contribution >= 0.6 is 0 Å². The third kappa shape index (κ3) is 3.95. The number of hydrogen-bond donors (Lipinski definition) is 3. The normalized spacial score (nSPS) is 11.8. The maximum atomic E-state index is 13.2. The number of halogens is 1. The molecule has 4 nitrogen and oxygen atoms in total. The van der Waals surface area contributed by atoms with Crippen LogP contribution in [0.25, 0.3) is 0 Å². The Balaban J connectivity index is 2.10. The Kier molecular flexibility index (Phi) is 4.42. The Hall–Kier alpha value is -2.56. The zero-order valence-electron chi connectivity index (χ0n) is 11.9. The predicted octanol–water partition coefficient (Wildman–Crippen LogP) is 3.66. The van der Waals surface area contributed by atoms with Gasteiger partial charge in [0.25, 0.3) is 0 Å². The summed E-state index contributed by atoms with van der Waals surface area (Å²) in [5, 5.41) is 15.6. The van der Waals surface area contributed by atoms with Gasteiger partial charge >= 0.3 is 0 Å². The molecule has 1 atom stereocenters. The highest BCUT2D eigenvalue weighted by molar-refractivity contribution is 5.88. The standard InChI is InChI=1S/C16H17FN2O2/c1-10(15-9-12(17)3-8-16(15)21)18-13-4-6-14(7-5-13)19-11(2)20/h3-10,18,21H,1-2H3,(H,19,20). The van der Waals surface area contributed by atoms with Crippen molar-refractivity contribution in [1.82, 2.24) is 0 Å². The smallest absolute Gasteiger partial charge is 0.221 e. The van der Waals surface area contributed by atoms with E-state index in [0.29, 0.717) is 11.3 Å². The molecule has 2 aromatic rings. The van der Waals surface area contributed by atoms with Gasteiger partial charge in [0.05, 0.1) is 6.04 Å². The number of carbonyl (C=O) groups is 1. The van der Waals surface area contributed by atoms with Crippen LogP contribution in [0.2, 0.25) is 0 Å². The molecule has 0 aromatic heterocycles. The largest absolute Gasteiger partial charge is 0.508 e. The highest BCUT2D eigenvalue weighted by Crippen LogP contribution is 2.28. The van der Waals surface area contributed by atoms with Crippen molar-refractivity contribution >= 4 is 17.3 Å². The van der Waals surface area contributed by atoms with Crippen LogP contribution in [0, 0.1) is 5.82 Å². The number of rotatable bonds is 4. The first-order chi connectivity index (χ1) is 9.95. The van der Waals surface area contributed by atoms with E-state index in [2.05, 4.69) is 10.6 Å². The molecule has 0 spiro atoms. The van der Waals surface area contributed by atoms with Gasteiger partial charge in [-0.2, -0.15) is 0 Å². The van der Waals surface area contributed by atoms with Gasteiger partial charge in [0.15, 0.2) is 0 Å². The second-order valence-electron chi connectivity index (χ2n) is 4.83. The highest BCUT2D eigenvalue weighted by Gasteiger charge is 2.11. The summed E-state index contributed by atoms with van der Waals surface area (Å²) >= 11 is 0. The molecule has 0 bridgehead atoms. The molecule has 0 aliphatic carbocycles. The first-order valence-corrected chi connectivity index (χ1v) is 6.58. The summed E-state index contributed by atoms with van der Waals surface area (Å²) < 4.78 is 13.2. The average molecular weight is 288 g/mol. The van der Waals surface area contributed by atoms with E-state index < -0.39 is 5.82 Å². The first-order valence-electron chi connectivity index (χ1n) is 6.58. The summed E-state index contributed by atoms with van der Waals surface area (Å²) in [6.07, 6.45) is 0. The molecule has 110 valence electrons. The van der Waals surface area contributed by atoms with Crippen molar-refractivity contribution in [3.8, 4) is 5.75 Å². The zero-order valence-corrected chi connectivity index (χ0v) is 11.9. The van der Waals surface area contributed by atoms with Crippen molar-refractivity contribution in [2.75, 3.05) is 10.6 Å². The molecule has 1 unspecified atom stereocenters. The minimum Gasteiger partial charge on any atom is -0.508 e. The van der Waals surface area contributed by atoms with Gasteiger partial charge in [0, 0.05) is 23.9 Å². The summed E-state index contributed by atoms with van der Waals surface area (Å²) in [4.78, 5) is 10.9. The van der Waals surface area contributed by atoms with E-state index in [1.54, 1.807) is 24.3 Å². The van der Waals surface area contributed by atoms with Crippen molar-refractivity contribution < 1.29 is 14.3 Å². The van der Waals surface area contributed by atoms with Gasteiger partial charge in [0.1, 0.15) is 11.6 Å². The summed E-state index contributed by atoms with van der Waals surface area (Å²) in [6, 6.07) is 10.7. The number of phenols is 1. The molecule has 0 aliphatic rings. The van der Waals surface area contributed by atoms with E-state index in [-0.39, 0.29) is 17.7 Å². The van der Waals surface area contributed by atoms with E-state index >= 15 is 0 Å². The molecule has 0 aliphatic heterocycles. The van der Waals surface area contributed by atoms with Crippen molar-refractivity contribution in [3.63, 3.8) is 0 Å². The quantitative estimate of drug-likeness (QED) is 0.804. The fraction of sp³-hybridized carbons (Fsp3) is 0.188. The maximum absolute atomic E-state index is 13.2. The van der Waals surface area contributed by atoms with E-state index in [1.807, 2.05) is 6.92 Å². The Morgan fingerprint density at radius 2 is 1.76 bits per heavy atom. The molecule has 1 amide bonds. The molecule has 2 aromatic carbocycles. The van der Waals surface area contributed by atoms with Gasteiger partial charge in [0.2, 0.25) is 5.91 Å². The fourth-order valence-electron chi connectivity index (χ4n) is 2.05. The SMILES string of the molecule is CC(=O)Nc1ccc(NC(C)c2cc(F)ccc2O)cc1. The number of benzene rings is 2. The third-order valence-electron chi connectivity index (χ3n) is 3.04. The summed E-state index contributed by atoms with van der Waals surface area (Å²) in [7, 11) is 0. The lowest BCUT2D eigenvalue weighted by molar-refractivity contribution is -0.114. The lowest BCUT2D eigenvalue weighted by Gasteiger charge is -2.17. The monoisotopic (exact) mass is 288 g/mol. The second kappa shape index (κ2) is 6.26. The topological polar surface area (TPSA) is 61.4 Å². The zero-order chi connectivity index (χ0) is 15.4. The van der Waals surface area contributed by atoms with Gasteiger partial charge < -0.3 is 15.7 Å². The van der Waals surface area contributed by atoms with Crippen LogP contribution < -0.4 is 10.6 Å². The van der Waals surface area contributed by atoms with Gasteiger partial charge in [-0.05, 0) is 49.4 Å². The maximum Gasteiger partial charge on any atom is 0.221 e. The Bertz CT molecular complexity index is 641. The van der Waals surface area contributed by atoms with Crippen LogP contribution in [-0.2, 0) is 4.79 Å². The van der Waals surface area contributed by atoms with Crippen molar-refractivity contribution in [1.29, 1.82) is 0 Å². The van der Waals surface area contributed by atoms with E-state index in [4.69, 9.17) is 0 Å². The van der Waals surface area contributed by atoms with Crippen molar-refractivity contribution in [3.05, 3.63) is 53.8 Å². The van der Waals surface area contributed by atoms with E-state index in [1.165, 1.54) is 25.1 Å². The number of hydrogen-bond acceptors (Lipinski definition) is 3. The minimum atomic E-state index is -0.391. The number of anilines is 2. The van der Waals surface area contributed by atoms with E-state index in [0.717, 1.165) is 5.69 Å². The molecule has 2 rings (SSSR count). The molecule has 21 heavy (non-hydrogen) atoms. The number of carbonyl (C=O) groups excluding carboxylic acids is 1. The van der Waals surface area contributed by atoms with Crippen LogP contribution in [0.15, 0.2) is 42.5 Å². The van der Waals surface area contributed by atoms with Gasteiger partial charge in [-0.3, -0.25) is 4.79 Å². The summed E-state index contributed by atoms with van der Waals surface area (Å²) in [6.45, 7) is 3.27. The predicted molar refractivity (Wildman–Crippen MR) is 80.8 cm³/mol. The molecular formula is C16H17FN2O2. The molecule has 0 heterocycles. The van der Waals surface area contributed by atoms with Gasteiger partial charge in [-0.25, -0.2) is 4.39 Å². The van der Waals surface area contributed by atoms with Crippen molar-refractivity contribution in [2.24, 2.45) is 0 Å². The number of phenolic OH excluding ortho intramolecular Hbond substituents is 1. The second-order valence-corrected chi connectivity index (χ2v) is 4.83. The molecule has 0 saturated heterocycles. The van der Waals surface area contributed by atoms with Crippen LogP contribution in [0.4, 0.5) is 15.8 Å². The van der Waals surface area contributed by atoms with Crippen LogP contribution in [-0.4, -0.2) is 11.0 Å². The Labute approximate surface area is 122 Å². The van der Waals surface area contributed by atoms with Crippen LogP contribution in [0.5, 0.6) is 5.75 Å². The lowest BCUT2D eigenvalue weighted by Crippen LogP contribution is -2.08. The molecular weight excluding hydrogens is 271 g/mol. The Morgan fingerprint density at radius 1 is 1.14 bits per heavy atom. The fourth-order valence-corrected chi connectivity index (χ4v) is 2.05. The van der Waals surface area contributed by atoms with Crippen molar-refractivity contribution in [2.45, 2.75) is 19.9 Å². The summed E-state index contributed by atoms with van der Waals surface area (Å²) in [5.74, 6) is -0.475. The first kappa shape index (κ1) is 14.8. The highest BCUT2D eigenvalue weighted by atomic mass is 19.1. The molecule has 5 heteroatoms. The van der Waals surface area contributed by atoms with Crippen LogP contribution in [0.1, 0.15) is 25.5 Å². The van der Waals surface area contributed by atoms with Gasteiger partial charge in [-0.15, -0.1) is 0 Å². The molecule has 3 N–H and O–H groups in total. The lowest BCUT2D eigenvalue weighted by atomic mass is 10.1. The van der Waals surface area contributed by atoms with E-state index in [9.17, 15) is 14.3 Å². The number of aromatic hydroxyl groups is 1. The number of nitrogens with one attached hydrogen (secondary N) is 2.